The van der Waals surface area contributed by atoms with Crippen molar-refractivity contribution >= 4 is 23.4 Å². The summed E-state index contributed by atoms with van der Waals surface area (Å²) in [6.07, 6.45) is 4.49. The zero-order valence-corrected chi connectivity index (χ0v) is 13.5. The minimum Gasteiger partial charge on any atom is -0.492 e. The Kier molecular flexibility index (Phi) is 6.36. The highest BCUT2D eigenvalue weighted by molar-refractivity contribution is 7.99. The van der Waals surface area contributed by atoms with Crippen molar-refractivity contribution in [1.82, 2.24) is 4.98 Å². The highest BCUT2D eigenvalue weighted by Gasteiger charge is 2.09. The van der Waals surface area contributed by atoms with Crippen LogP contribution in [-0.4, -0.2) is 17.3 Å². The van der Waals surface area contributed by atoms with E-state index in [2.05, 4.69) is 11.9 Å². The smallest absolute Gasteiger partial charge is 0.137 e. The Morgan fingerprint density at radius 3 is 2.95 bits per heavy atom. The van der Waals surface area contributed by atoms with Gasteiger partial charge in [-0.05, 0) is 36.2 Å². The molecule has 1 atom stereocenters. The van der Waals surface area contributed by atoms with Crippen LogP contribution in [0.2, 0.25) is 5.02 Å². The van der Waals surface area contributed by atoms with E-state index in [1.54, 1.807) is 24.2 Å². The fourth-order valence-electron chi connectivity index (χ4n) is 1.78. The normalized spacial score (nSPS) is 12.1. The van der Waals surface area contributed by atoms with Crippen LogP contribution in [0.3, 0.4) is 0 Å². The quantitative estimate of drug-likeness (QED) is 0.771. The predicted molar refractivity (Wildman–Crippen MR) is 89.1 cm³/mol. The molecule has 0 saturated carbocycles. The van der Waals surface area contributed by atoms with E-state index in [1.807, 2.05) is 30.3 Å². The molecule has 1 aromatic carbocycles. The summed E-state index contributed by atoms with van der Waals surface area (Å²) < 4.78 is 5.58. The number of nitrogens with two attached hydrogens (primary N) is 1. The Hall–Kier alpha value is -1.23. The molecule has 0 saturated heterocycles. The average Bonchev–Trinajstić information content (AvgIpc) is 2.51. The molecule has 112 valence electrons. The lowest BCUT2D eigenvalue weighted by Crippen LogP contribution is -2.13. The van der Waals surface area contributed by atoms with Crippen LogP contribution < -0.4 is 10.5 Å². The Morgan fingerprint density at radius 1 is 1.33 bits per heavy atom. The molecule has 21 heavy (non-hydrogen) atoms. The van der Waals surface area contributed by atoms with Crippen molar-refractivity contribution in [3.05, 3.63) is 53.3 Å². The molecule has 0 amide bonds. The fraction of sp³-hybridized carbons (Fsp3) is 0.312. The van der Waals surface area contributed by atoms with E-state index in [9.17, 15) is 0 Å². The molecular formula is C16H19ClN2OS. The summed E-state index contributed by atoms with van der Waals surface area (Å²) in [5.74, 6) is 1.54. The molecule has 2 aromatic rings. The molecule has 1 aromatic heterocycles. The number of nitrogens with zero attached hydrogens (tertiary/aromatic N) is 1. The van der Waals surface area contributed by atoms with Crippen LogP contribution in [0.25, 0.3) is 0 Å². The van der Waals surface area contributed by atoms with E-state index in [0.717, 1.165) is 33.4 Å². The van der Waals surface area contributed by atoms with E-state index in [0.29, 0.717) is 6.61 Å². The summed E-state index contributed by atoms with van der Waals surface area (Å²) in [4.78, 5) is 5.31. The number of aromatic nitrogens is 1. The first kappa shape index (κ1) is 16.1. The van der Waals surface area contributed by atoms with Crippen molar-refractivity contribution in [3.63, 3.8) is 0 Å². The molecule has 0 fully saturated rings. The molecule has 0 aliphatic rings. The maximum atomic E-state index is 6.23. The van der Waals surface area contributed by atoms with Gasteiger partial charge in [-0.2, -0.15) is 0 Å². The van der Waals surface area contributed by atoms with Crippen LogP contribution >= 0.6 is 23.4 Å². The number of benzene rings is 1. The van der Waals surface area contributed by atoms with E-state index >= 15 is 0 Å². The average molecular weight is 323 g/mol. The lowest BCUT2D eigenvalue weighted by molar-refractivity contribution is 0.315. The van der Waals surface area contributed by atoms with Crippen LogP contribution in [0.1, 0.15) is 24.9 Å². The summed E-state index contributed by atoms with van der Waals surface area (Å²) in [7, 11) is 0. The Bertz CT molecular complexity index is 580. The van der Waals surface area contributed by atoms with Gasteiger partial charge in [0.1, 0.15) is 5.75 Å². The Morgan fingerprint density at radius 2 is 2.19 bits per heavy atom. The number of hydrogen-bond donors (Lipinski definition) is 1. The van der Waals surface area contributed by atoms with Gasteiger partial charge >= 0.3 is 0 Å². The maximum Gasteiger partial charge on any atom is 0.137 e. The number of ether oxygens (including phenoxy) is 1. The van der Waals surface area contributed by atoms with Gasteiger partial charge in [-0.25, -0.2) is 0 Å². The summed E-state index contributed by atoms with van der Waals surface area (Å²) >= 11 is 7.66. The van der Waals surface area contributed by atoms with Gasteiger partial charge in [-0.1, -0.05) is 24.6 Å². The molecule has 1 unspecified atom stereocenters. The van der Waals surface area contributed by atoms with Crippen LogP contribution in [0.15, 0.2) is 47.6 Å². The van der Waals surface area contributed by atoms with Gasteiger partial charge in [0, 0.05) is 27.9 Å². The van der Waals surface area contributed by atoms with Gasteiger partial charge in [0.05, 0.1) is 12.8 Å². The van der Waals surface area contributed by atoms with Gasteiger partial charge < -0.3 is 10.5 Å². The third-order valence-corrected chi connectivity index (χ3v) is 4.21. The second-order valence-electron chi connectivity index (χ2n) is 4.68. The summed E-state index contributed by atoms with van der Waals surface area (Å²) in [5.41, 5.74) is 7.21. The molecule has 1 heterocycles. The number of hydrogen-bond acceptors (Lipinski definition) is 4. The Balaban J connectivity index is 1.95. The second kappa shape index (κ2) is 8.27. The molecule has 0 bridgehead atoms. The minimum atomic E-state index is -0.0911. The lowest BCUT2D eigenvalue weighted by atomic mass is 10.1. The molecular weight excluding hydrogens is 304 g/mol. The van der Waals surface area contributed by atoms with Gasteiger partial charge in [0.15, 0.2) is 0 Å². The third-order valence-electron chi connectivity index (χ3n) is 2.86. The van der Waals surface area contributed by atoms with E-state index in [1.165, 1.54) is 0 Å². The predicted octanol–water partition coefficient (Wildman–Crippen LogP) is 4.32. The van der Waals surface area contributed by atoms with Gasteiger partial charge in [0.25, 0.3) is 0 Å². The topological polar surface area (TPSA) is 48.1 Å². The van der Waals surface area contributed by atoms with Crippen LogP contribution in [0.4, 0.5) is 0 Å². The van der Waals surface area contributed by atoms with Gasteiger partial charge in [-0.3, -0.25) is 4.98 Å². The summed E-state index contributed by atoms with van der Waals surface area (Å²) in [6, 6.07) is 9.65. The van der Waals surface area contributed by atoms with E-state index in [4.69, 9.17) is 22.1 Å². The van der Waals surface area contributed by atoms with Crippen molar-refractivity contribution in [2.45, 2.75) is 24.3 Å². The molecule has 0 radical (unpaired) electrons. The monoisotopic (exact) mass is 322 g/mol. The number of rotatable bonds is 7. The summed E-state index contributed by atoms with van der Waals surface area (Å²) in [6.45, 7) is 2.77. The second-order valence-corrected chi connectivity index (χ2v) is 6.21. The third kappa shape index (κ3) is 5.23. The van der Waals surface area contributed by atoms with Crippen molar-refractivity contribution in [2.24, 2.45) is 5.73 Å². The van der Waals surface area contributed by atoms with Crippen LogP contribution in [-0.2, 0) is 0 Å². The van der Waals surface area contributed by atoms with Crippen molar-refractivity contribution in [2.75, 3.05) is 12.4 Å². The van der Waals surface area contributed by atoms with Gasteiger partial charge in [-0.15, -0.1) is 11.8 Å². The molecule has 2 rings (SSSR count). The van der Waals surface area contributed by atoms with Crippen molar-refractivity contribution in [1.29, 1.82) is 0 Å². The molecule has 5 heteroatoms. The lowest BCUT2D eigenvalue weighted by Gasteiger charge is -2.13. The molecule has 0 spiro atoms. The number of pyridine rings is 1. The fourth-order valence-corrected chi connectivity index (χ4v) is 2.98. The van der Waals surface area contributed by atoms with Crippen molar-refractivity contribution in [3.8, 4) is 5.75 Å². The molecule has 0 aliphatic carbocycles. The maximum absolute atomic E-state index is 6.23. The zero-order chi connectivity index (χ0) is 15.1. The highest BCUT2D eigenvalue weighted by atomic mass is 35.5. The first-order valence-corrected chi connectivity index (χ1v) is 8.27. The molecule has 3 nitrogen and oxygen atoms in total. The number of thioether (sulfide) groups is 1. The standard InChI is InChI=1S/C16H19ClN2OS/c1-2-6-20-14-7-12(9-19-10-14)16(18)11-21-15-5-3-4-13(17)8-15/h3-5,7-10,16H,2,6,11,18H2,1H3. The van der Waals surface area contributed by atoms with E-state index in [-0.39, 0.29) is 6.04 Å². The number of halogens is 1. The van der Waals surface area contributed by atoms with Crippen molar-refractivity contribution < 1.29 is 4.74 Å². The Labute approximate surface area is 134 Å². The minimum absolute atomic E-state index is 0.0911. The summed E-state index contributed by atoms with van der Waals surface area (Å²) in [5, 5.41) is 0.741. The first-order chi connectivity index (χ1) is 10.2. The van der Waals surface area contributed by atoms with Gasteiger partial charge in [0.2, 0.25) is 0 Å². The molecule has 0 aliphatic heterocycles. The van der Waals surface area contributed by atoms with E-state index < -0.39 is 0 Å². The first-order valence-electron chi connectivity index (χ1n) is 6.90. The highest BCUT2D eigenvalue weighted by Crippen LogP contribution is 2.26. The largest absolute Gasteiger partial charge is 0.492 e. The van der Waals surface area contributed by atoms with Crippen LogP contribution in [0, 0.1) is 0 Å². The SMILES string of the molecule is CCCOc1cncc(C(N)CSc2cccc(Cl)c2)c1. The van der Waals surface area contributed by atoms with Crippen LogP contribution in [0.5, 0.6) is 5.75 Å². The zero-order valence-electron chi connectivity index (χ0n) is 12.0. The molecule has 2 N–H and O–H groups in total.